The van der Waals surface area contributed by atoms with E-state index in [1.54, 1.807) is 0 Å². The molecule has 0 aromatic rings. The largest absolute Gasteiger partial charge is 2.00 e. The number of hydrogen-bond donors (Lipinski definition) is 1. The summed E-state index contributed by atoms with van der Waals surface area (Å²) in [6, 6.07) is 0. The molecular formula is C4H10ClMgO+. The molecule has 0 aliphatic carbocycles. The van der Waals surface area contributed by atoms with Gasteiger partial charge in [0, 0.05) is 6.61 Å². The summed E-state index contributed by atoms with van der Waals surface area (Å²) in [6.07, 6.45) is 2.04. The summed E-state index contributed by atoms with van der Waals surface area (Å²) in [5.74, 6) is 0. The van der Waals surface area contributed by atoms with Gasteiger partial charge in [0.05, 0.1) is 0 Å². The minimum absolute atomic E-state index is 0. The first kappa shape index (κ1) is 15.7. The Morgan fingerprint density at radius 2 is 1.86 bits per heavy atom. The van der Waals surface area contributed by atoms with Gasteiger partial charge in [0.2, 0.25) is 0 Å². The predicted octanol–water partition coefficient (Wildman–Crippen LogP) is -2.60. The zero-order valence-corrected chi connectivity index (χ0v) is 6.82. The summed E-state index contributed by atoms with van der Waals surface area (Å²) in [7, 11) is 0. The molecule has 0 unspecified atom stereocenters. The molecule has 0 aromatic heterocycles. The first-order valence-corrected chi connectivity index (χ1v) is 2.02. The molecular weight excluding hydrogens is 124 g/mol. The van der Waals surface area contributed by atoms with Crippen molar-refractivity contribution in [3.63, 3.8) is 0 Å². The van der Waals surface area contributed by atoms with Crippen molar-refractivity contribution < 1.29 is 17.5 Å². The molecule has 0 heterocycles. The van der Waals surface area contributed by atoms with Crippen molar-refractivity contribution in [1.82, 2.24) is 0 Å². The van der Waals surface area contributed by atoms with E-state index >= 15 is 0 Å². The summed E-state index contributed by atoms with van der Waals surface area (Å²) in [4.78, 5) is 0. The summed E-state index contributed by atoms with van der Waals surface area (Å²) in [5.41, 5.74) is 0. The van der Waals surface area contributed by atoms with E-state index in [2.05, 4.69) is 6.92 Å². The van der Waals surface area contributed by atoms with Gasteiger partial charge >= 0.3 is 23.1 Å². The van der Waals surface area contributed by atoms with Crippen molar-refractivity contribution in [2.75, 3.05) is 6.61 Å². The van der Waals surface area contributed by atoms with Gasteiger partial charge in [-0.05, 0) is 6.42 Å². The van der Waals surface area contributed by atoms with Crippen LogP contribution in [0.4, 0.5) is 0 Å². The van der Waals surface area contributed by atoms with E-state index in [0.29, 0.717) is 6.61 Å². The maximum absolute atomic E-state index is 8.07. The van der Waals surface area contributed by atoms with Crippen molar-refractivity contribution in [3.05, 3.63) is 0 Å². The molecule has 0 aromatic carbocycles. The third-order valence-electron chi connectivity index (χ3n) is 0.512. The van der Waals surface area contributed by atoms with Crippen molar-refractivity contribution in [1.29, 1.82) is 0 Å². The molecule has 7 heavy (non-hydrogen) atoms. The van der Waals surface area contributed by atoms with Gasteiger partial charge in [-0.2, -0.15) is 0 Å². The Morgan fingerprint density at radius 1 is 1.43 bits per heavy atom. The summed E-state index contributed by atoms with van der Waals surface area (Å²) in [5, 5.41) is 8.07. The number of unbranched alkanes of at least 4 members (excludes halogenated alkanes) is 1. The molecule has 0 atom stereocenters. The third-order valence-corrected chi connectivity index (χ3v) is 0.512. The van der Waals surface area contributed by atoms with Crippen LogP contribution in [-0.4, -0.2) is 34.8 Å². The first-order chi connectivity index (χ1) is 2.41. The molecule has 0 bridgehead atoms. The second-order valence-corrected chi connectivity index (χ2v) is 1.08. The molecule has 0 saturated heterocycles. The van der Waals surface area contributed by atoms with Gasteiger partial charge in [-0.3, -0.25) is 0 Å². The van der Waals surface area contributed by atoms with Crippen LogP contribution >= 0.6 is 0 Å². The van der Waals surface area contributed by atoms with Crippen molar-refractivity contribution in [2.45, 2.75) is 19.8 Å². The molecule has 3 heteroatoms. The average molecular weight is 134 g/mol. The van der Waals surface area contributed by atoms with E-state index in [9.17, 15) is 0 Å². The maximum Gasteiger partial charge on any atom is 2.00 e. The third kappa shape index (κ3) is 19.4. The number of aliphatic hydroxyl groups excluding tert-OH is 1. The Hall–Kier alpha value is 1.02. The zero-order valence-electron chi connectivity index (χ0n) is 4.65. The van der Waals surface area contributed by atoms with E-state index in [1.165, 1.54) is 0 Å². The molecule has 1 N–H and O–H groups in total. The maximum atomic E-state index is 8.07. The topological polar surface area (TPSA) is 20.2 Å². The van der Waals surface area contributed by atoms with E-state index < -0.39 is 0 Å². The molecule has 0 aliphatic heterocycles. The van der Waals surface area contributed by atoms with Gasteiger partial charge in [-0.15, -0.1) is 0 Å². The van der Waals surface area contributed by atoms with Gasteiger partial charge in [0.15, 0.2) is 0 Å². The number of halogens is 1. The van der Waals surface area contributed by atoms with Crippen LogP contribution in [0.1, 0.15) is 19.8 Å². The summed E-state index contributed by atoms with van der Waals surface area (Å²) in [6.45, 7) is 2.40. The van der Waals surface area contributed by atoms with Crippen molar-refractivity contribution in [2.24, 2.45) is 0 Å². The number of aliphatic hydroxyl groups is 1. The predicted molar refractivity (Wildman–Crippen MR) is 27.7 cm³/mol. The van der Waals surface area contributed by atoms with Gasteiger partial charge in [0.1, 0.15) is 0 Å². The van der Waals surface area contributed by atoms with Crippen LogP contribution in [0.5, 0.6) is 0 Å². The second-order valence-electron chi connectivity index (χ2n) is 1.08. The quantitative estimate of drug-likeness (QED) is 0.410. The fraction of sp³-hybridized carbons (Fsp3) is 1.00. The monoisotopic (exact) mass is 133 g/mol. The van der Waals surface area contributed by atoms with Crippen molar-refractivity contribution in [3.8, 4) is 0 Å². The van der Waals surface area contributed by atoms with Gasteiger partial charge in [-0.25, -0.2) is 0 Å². The molecule has 0 amide bonds. The van der Waals surface area contributed by atoms with E-state index in [-0.39, 0.29) is 35.5 Å². The van der Waals surface area contributed by atoms with Gasteiger partial charge in [-0.1, -0.05) is 13.3 Å². The van der Waals surface area contributed by atoms with E-state index in [4.69, 9.17) is 5.11 Å². The molecule has 0 radical (unpaired) electrons. The van der Waals surface area contributed by atoms with E-state index in [1.807, 2.05) is 0 Å². The summed E-state index contributed by atoms with van der Waals surface area (Å²) >= 11 is 0. The van der Waals surface area contributed by atoms with Crippen molar-refractivity contribution >= 4 is 23.1 Å². The molecule has 1 nitrogen and oxygen atoms in total. The fourth-order valence-electron chi connectivity index (χ4n) is 0.158. The van der Waals surface area contributed by atoms with Crippen LogP contribution in [0.15, 0.2) is 0 Å². The Morgan fingerprint density at radius 3 is 1.86 bits per heavy atom. The fourth-order valence-corrected chi connectivity index (χ4v) is 0.158. The Balaban J connectivity index is -0.0000000800. The molecule has 0 spiro atoms. The minimum Gasteiger partial charge on any atom is -1.00 e. The zero-order chi connectivity index (χ0) is 4.12. The molecule has 0 rings (SSSR count). The average Bonchev–Trinajstić information content (AvgIpc) is 1.41. The van der Waals surface area contributed by atoms with Crippen LogP contribution in [0.3, 0.4) is 0 Å². The van der Waals surface area contributed by atoms with Gasteiger partial charge < -0.3 is 17.5 Å². The van der Waals surface area contributed by atoms with Gasteiger partial charge in [0.25, 0.3) is 0 Å². The summed E-state index contributed by atoms with van der Waals surface area (Å²) < 4.78 is 0. The molecule has 0 aliphatic rings. The first-order valence-electron chi connectivity index (χ1n) is 2.02. The number of hydrogen-bond acceptors (Lipinski definition) is 1. The molecule has 0 saturated carbocycles. The van der Waals surface area contributed by atoms with Crippen LogP contribution in [0.25, 0.3) is 0 Å². The SMILES string of the molecule is CCCCO.[Cl-].[Mg+2]. The normalized spacial score (nSPS) is 6.00. The van der Waals surface area contributed by atoms with Crippen LogP contribution in [0, 0.1) is 0 Å². The van der Waals surface area contributed by atoms with Crippen LogP contribution < -0.4 is 12.4 Å². The van der Waals surface area contributed by atoms with Crippen LogP contribution in [0.2, 0.25) is 0 Å². The smallest absolute Gasteiger partial charge is 1.00 e. The molecule has 0 fully saturated rings. The standard InChI is InChI=1S/C4H10O.ClH.Mg/c1-2-3-4-5;;/h5H,2-4H2,1H3;1H;/q;;+2/p-1. The number of rotatable bonds is 2. The second kappa shape index (κ2) is 15.7. The molecule has 40 valence electrons. The van der Waals surface area contributed by atoms with E-state index in [0.717, 1.165) is 12.8 Å². The van der Waals surface area contributed by atoms with Crippen LogP contribution in [-0.2, 0) is 0 Å². The minimum atomic E-state index is 0. The Kier molecular flexibility index (Phi) is 35.3. The Bertz CT molecular complexity index is 19.2. The Labute approximate surface area is 67.1 Å².